The topological polar surface area (TPSA) is 51.8 Å². The molecule has 4 heteroatoms. The summed E-state index contributed by atoms with van der Waals surface area (Å²) >= 11 is 0. The molecule has 0 saturated heterocycles. The van der Waals surface area contributed by atoms with Crippen molar-refractivity contribution in [2.24, 2.45) is 0 Å². The van der Waals surface area contributed by atoms with Crippen molar-refractivity contribution in [3.05, 3.63) is 163 Å². The maximum Gasteiger partial charge on any atom is 0.164 e. The van der Waals surface area contributed by atoms with Crippen molar-refractivity contribution in [1.82, 2.24) is 15.0 Å². The third-order valence-electron chi connectivity index (χ3n) is 8.97. The minimum atomic E-state index is 0.595. The van der Waals surface area contributed by atoms with Gasteiger partial charge in [-0.3, -0.25) is 0 Å². The van der Waals surface area contributed by atoms with Crippen LogP contribution in [-0.4, -0.2) is 15.0 Å². The SMILES string of the molecule is Cc1cccc(-c2ccc(-c3nc(-c4ccccc4)nc(-c4ccc5c(c4)oc4c6ccccc6cc(-c6ccccc6)c54)n3)cc2)c1. The second kappa shape index (κ2) is 11.4. The highest BCUT2D eigenvalue weighted by Gasteiger charge is 2.18. The largest absolute Gasteiger partial charge is 0.455 e. The molecule has 0 aliphatic carbocycles. The van der Waals surface area contributed by atoms with E-state index in [0.29, 0.717) is 17.5 Å². The number of aryl methyl sites for hydroxylation is 1. The van der Waals surface area contributed by atoms with E-state index in [4.69, 9.17) is 19.4 Å². The molecule has 9 aromatic rings. The highest BCUT2D eigenvalue weighted by atomic mass is 16.3. The quantitative estimate of drug-likeness (QED) is 0.193. The molecule has 2 aromatic heterocycles. The molecule has 0 radical (unpaired) electrons. The van der Waals surface area contributed by atoms with Gasteiger partial charge < -0.3 is 4.42 Å². The summed E-state index contributed by atoms with van der Waals surface area (Å²) in [5.74, 6) is 1.84. The third-order valence-corrected chi connectivity index (χ3v) is 8.97. The zero-order chi connectivity index (χ0) is 32.0. The second-order valence-electron chi connectivity index (χ2n) is 12.1. The maximum absolute atomic E-state index is 6.71. The number of rotatable bonds is 5. The smallest absolute Gasteiger partial charge is 0.164 e. The summed E-state index contributed by atoms with van der Waals surface area (Å²) in [7, 11) is 0. The minimum absolute atomic E-state index is 0.595. The fourth-order valence-corrected chi connectivity index (χ4v) is 6.58. The highest BCUT2D eigenvalue weighted by Crippen LogP contribution is 2.42. The Balaban J connectivity index is 1.21. The number of hydrogen-bond donors (Lipinski definition) is 0. The number of hydrogen-bond acceptors (Lipinski definition) is 4. The predicted molar refractivity (Wildman–Crippen MR) is 197 cm³/mol. The van der Waals surface area contributed by atoms with Gasteiger partial charge in [0.05, 0.1) is 0 Å². The molecule has 0 bridgehead atoms. The van der Waals surface area contributed by atoms with E-state index >= 15 is 0 Å². The van der Waals surface area contributed by atoms with Crippen LogP contribution >= 0.6 is 0 Å². The Labute approximate surface area is 278 Å². The van der Waals surface area contributed by atoms with Crippen molar-refractivity contribution in [2.75, 3.05) is 0 Å². The monoisotopic (exact) mass is 615 g/mol. The van der Waals surface area contributed by atoms with Gasteiger partial charge in [0, 0.05) is 32.8 Å². The Hall–Kier alpha value is -6.39. The van der Waals surface area contributed by atoms with Crippen molar-refractivity contribution in [1.29, 1.82) is 0 Å². The normalized spacial score (nSPS) is 11.4. The summed E-state index contributed by atoms with van der Waals surface area (Å²) in [6.45, 7) is 2.11. The van der Waals surface area contributed by atoms with Crippen LogP contribution in [0.2, 0.25) is 0 Å². The Morgan fingerprint density at radius 2 is 1.00 bits per heavy atom. The molecule has 2 heterocycles. The van der Waals surface area contributed by atoms with E-state index in [1.807, 2.05) is 36.4 Å². The number of fused-ring (bicyclic) bond motifs is 5. The molecule has 0 amide bonds. The van der Waals surface area contributed by atoms with Gasteiger partial charge in [-0.25, -0.2) is 15.0 Å². The van der Waals surface area contributed by atoms with Crippen LogP contribution < -0.4 is 0 Å². The average molecular weight is 616 g/mol. The van der Waals surface area contributed by atoms with E-state index in [9.17, 15) is 0 Å². The first-order chi connectivity index (χ1) is 23.7. The van der Waals surface area contributed by atoms with Crippen LogP contribution in [0.3, 0.4) is 0 Å². The van der Waals surface area contributed by atoms with Crippen LogP contribution in [0.4, 0.5) is 0 Å². The number of benzene rings is 7. The average Bonchev–Trinajstić information content (AvgIpc) is 3.54. The van der Waals surface area contributed by atoms with Crippen molar-refractivity contribution in [3.8, 4) is 56.4 Å². The molecule has 0 unspecified atom stereocenters. The van der Waals surface area contributed by atoms with Gasteiger partial charge in [-0.15, -0.1) is 0 Å². The van der Waals surface area contributed by atoms with Gasteiger partial charge in [-0.2, -0.15) is 0 Å². The van der Waals surface area contributed by atoms with Crippen molar-refractivity contribution in [3.63, 3.8) is 0 Å². The molecule has 48 heavy (non-hydrogen) atoms. The lowest BCUT2D eigenvalue weighted by Gasteiger charge is -2.09. The molecule has 4 nitrogen and oxygen atoms in total. The zero-order valence-corrected chi connectivity index (χ0v) is 26.3. The first-order valence-corrected chi connectivity index (χ1v) is 16.1. The minimum Gasteiger partial charge on any atom is -0.455 e. The van der Waals surface area contributed by atoms with E-state index < -0.39 is 0 Å². The second-order valence-corrected chi connectivity index (χ2v) is 12.1. The van der Waals surface area contributed by atoms with E-state index in [1.54, 1.807) is 0 Å². The zero-order valence-electron chi connectivity index (χ0n) is 26.3. The van der Waals surface area contributed by atoms with Gasteiger partial charge in [-0.1, -0.05) is 145 Å². The summed E-state index contributed by atoms with van der Waals surface area (Å²) in [5, 5.41) is 4.40. The molecule has 0 fully saturated rings. The molecular formula is C44H29N3O. The molecular weight excluding hydrogens is 587 g/mol. The maximum atomic E-state index is 6.71. The first kappa shape index (κ1) is 27.9. The van der Waals surface area contributed by atoms with Gasteiger partial charge in [0.1, 0.15) is 11.2 Å². The molecule has 226 valence electrons. The van der Waals surface area contributed by atoms with Crippen molar-refractivity contribution in [2.45, 2.75) is 6.92 Å². The van der Waals surface area contributed by atoms with Crippen LogP contribution in [-0.2, 0) is 0 Å². The molecule has 0 N–H and O–H groups in total. The summed E-state index contributed by atoms with van der Waals surface area (Å²) in [6.07, 6.45) is 0. The van der Waals surface area contributed by atoms with Crippen molar-refractivity contribution >= 4 is 32.7 Å². The van der Waals surface area contributed by atoms with Crippen molar-refractivity contribution < 1.29 is 4.42 Å². The van der Waals surface area contributed by atoms with E-state index in [0.717, 1.165) is 66.1 Å². The van der Waals surface area contributed by atoms with E-state index in [-0.39, 0.29) is 0 Å². The van der Waals surface area contributed by atoms with Gasteiger partial charge in [0.2, 0.25) is 0 Å². The molecule has 0 atom stereocenters. The van der Waals surface area contributed by atoms with Gasteiger partial charge in [0.25, 0.3) is 0 Å². The summed E-state index contributed by atoms with van der Waals surface area (Å²) < 4.78 is 6.71. The first-order valence-electron chi connectivity index (χ1n) is 16.1. The lowest BCUT2D eigenvalue weighted by atomic mass is 9.95. The molecule has 7 aromatic carbocycles. The fraction of sp³-hybridized carbons (Fsp3) is 0.0227. The van der Waals surface area contributed by atoms with Crippen LogP contribution in [0, 0.1) is 6.92 Å². The molecule has 0 aliphatic heterocycles. The number of nitrogens with zero attached hydrogens (tertiary/aromatic N) is 3. The van der Waals surface area contributed by atoms with Crippen LogP contribution in [0.5, 0.6) is 0 Å². The molecule has 9 rings (SSSR count). The van der Waals surface area contributed by atoms with Gasteiger partial charge >= 0.3 is 0 Å². The number of aromatic nitrogens is 3. The van der Waals surface area contributed by atoms with Crippen LogP contribution in [0.1, 0.15) is 5.56 Å². The Morgan fingerprint density at radius 3 is 1.73 bits per heavy atom. The Kier molecular flexibility index (Phi) is 6.65. The van der Waals surface area contributed by atoms with E-state index in [2.05, 4.69) is 128 Å². The fourth-order valence-electron chi connectivity index (χ4n) is 6.58. The van der Waals surface area contributed by atoms with Gasteiger partial charge in [-0.05, 0) is 52.8 Å². The summed E-state index contributed by atoms with van der Waals surface area (Å²) in [5.41, 5.74) is 10.3. The van der Waals surface area contributed by atoms with Crippen LogP contribution in [0.25, 0.3) is 89.1 Å². The third kappa shape index (κ3) is 4.91. The standard InChI is InChI=1S/C44H29N3O/c1-28-11-10-17-33(25-28)29-19-21-32(22-20-29)43-45-42(31-14-6-3-7-15-31)46-44(47-43)35-23-24-37-39(27-35)48-41-36-18-9-8-16-34(36)26-38(40(37)41)30-12-4-2-5-13-30/h2-27H,1H3. The summed E-state index contributed by atoms with van der Waals surface area (Å²) in [6, 6.07) is 54.5. The highest BCUT2D eigenvalue weighted by molar-refractivity contribution is 6.21. The predicted octanol–water partition coefficient (Wildman–Crippen LogP) is 11.6. The molecule has 0 aliphatic rings. The number of furan rings is 1. The molecule has 0 saturated carbocycles. The molecule has 0 spiro atoms. The Morgan fingerprint density at radius 1 is 0.417 bits per heavy atom. The van der Waals surface area contributed by atoms with Gasteiger partial charge in [0.15, 0.2) is 17.5 Å². The lowest BCUT2D eigenvalue weighted by molar-refractivity contribution is 0.673. The Bertz CT molecular complexity index is 2610. The summed E-state index contributed by atoms with van der Waals surface area (Å²) in [4.78, 5) is 15.0. The van der Waals surface area contributed by atoms with Crippen LogP contribution in [0.15, 0.2) is 162 Å². The van der Waals surface area contributed by atoms with E-state index in [1.165, 1.54) is 11.1 Å². The lowest BCUT2D eigenvalue weighted by Crippen LogP contribution is -2.00.